The SMILES string of the molecule is Clc1ccc(-n2c(SCCN3CCOCC3)nnc2-c2cccnc2)cc1. The van der Waals surface area contributed by atoms with Crippen LogP contribution in [-0.4, -0.2) is 63.2 Å². The molecule has 1 fully saturated rings. The summed E-state index contributed by atoms with van der Waals surface area (Å²) in [5, 5.41) is 10.5. The van der Waals surface area contributed by atoms with Crippen LogP contribution in [0, 0.1) is 0 Å². The van der Waals surface area contributed by atoms with Gasteiger partial charge in [-0.05, 0) is 36.4 Å². The lowest BCUT2D eigenvalue weighted by Crippen LogP contribution is -2.37. The fraction of sp³-hybridized carbons (Fsp3) is 0.316. The van der Waals surface area contributed by atoms with Gasteiger partial charge in [0.25, 0.3) is 0 Å². The summed E-state index contributed by atoms with van der Waals surface area (Å²) in [6.07, 6.45) is 3.56. The molecule has 0 aliphatic carbocycles. The molecule has 0 unspecified atom stereocenters. The highest BCUT2D eigenvalue weighted by Gasteiger charge is 2.17. The Morgan fingerprint density at radius 2 is 1.89 bits per heavy atom. The molecule has 0 radical (unpaired) electrons. The first-order valence-corrected chi connectivity index (χ1v) is 10.2. The van der Waals surface area contributed by atoms with Crippen molar-refractivity contribution in [3.05, 3.63) is 53.8 Å². The van der Waals surface area contributed by atoms with Crippen molar-refractivity contribution in [2.75, 3.05) is 38.6 Å². The van der Waals surface area contributed by atoms with Gasteiger partial charge in [0.05, 0.1) is 13.2 Å². The van der Waals surface area contributed by atoms with Crippen LogP contribution in [0.15, 0.2) is 53.9 Å². The summed E-state index contributed by atoms with van der Waals surface area (Å²) >= 11 is 7.78. The van der Waals surface area contributed by atoms with Gasteiger partial charge in [0.2, 0.25) is 0 Å². The largest absolute Gasteiger partial charge is 0.379 e. The molecule has 0 saturated carbocycles. The van der Waals surface area contributed by atoms with E-state index in [2.05, 4.69) is 24.6 Å². The third kappa shape index (κ3) is 4.50. The van der Waals surface area contributed by atoms with Gasteiger partial charge >= 0.3 is 0 Å². The van der Waals surface area contributed by atoms with Crippen molar-refractivity contribution >= 4 is 23.4 Å². The van der Waals surface area contributed by atoms with Crippen molar-refractivity contribution in [3.8, 4) is 17.1 Å². The lowest BCUT2D eigenvalue weighted by atomic mass is 10.2. The van der Waals surface area contributed by atoms with Gasteiger partial charge in [-0.2, -0.15) is 0 Å². The van der Waals surface area contributed by atoms with Crippen molar-refractivity contribution in [3.63, 3.8) is 0 Å². The van der Waals surface area contributed by atoms with E-state index >= 15 is 0 Å². The molecular formula is C19H20ClN5OS. The lowest BCUT2D eigenvalue weighted by Gasteiger charge is -2.26. The van der Waals surface area contributed by atoms with Crippen LogP contribution in [0.2, 0.25) is 5.02 Å². The standard InChI is InChI=1S/C19H20ClN5OS/c20-16-3-5-17(6-4-16)25-18(15-2-1-7-21-14-15)22-23-19(25)27-13-10-24-8-11-26-12-9-24/h1-7,14H,8-13H2. The number of benzene rings is 1. The van der Waals surface area contributed by atoms with Gasteiger partial charge in [-0.15, -0.1) is 10.2 Å². The number of halogens is 1. The van der Waals surface area contributed by atoms with Crippen LogP contribution in [0.1, 0.15) is 0 Å². The molecule has 1 saturated heterocycles. The molecule has 27 heavy (non-hydrogen) atoms. The van der Waals surface area contributed by atoms with Crippen LogP contribution in [0.3, 0.4) is 0 Å². The van der Waals surface area contributed by atoms with E-state index in [9.17, 15) is 0 Å². The molecular weight excluding hydrogens is 382 g/mol. The van der Waals surface area contributed by atoms with E-state index < -0.39 is 0 Å². The molecule has 3 aromatic rings. The number of ether oxygens (including phenoxy) is 1. The van der Waals surface area contributed by atoms with E-state index in [1.807, 2.05) is 36.4 Å². The van der Waals surface area contributed by atoms with Crippen molar-refractivity contribution in [1.82, 2.24) is 24.6 Å². The molecule has 3 heterocycles. The molecule has 140 valence electrons. The van der Waals surface area contributed by atoms with Crippen molar-refractivity contribution in [2.45, 2.75) is 5.16 Å². The van der Waals surface area contributed by atoms with Crippen molar-refractivity contribution < 1.29 is 4.74 Å². The summed E-state index contributed by atoms with van der Waals surface area (Å²) in [5.74, 6) is 1.72. The summed E-state index contributed by atoms with van der Waals surface area (Å²) in [7, 11) is 0. The number of morpholine rings is 1. The maximum Gasteiger partial charge on any atom is 0.196 e. The Hall–Kier alpha value is -1.93. The normalized spacial score (nSPS) is 15.1. The number of pyridine rings is 1. The second-order valence-corrected chi connectivity index (χ2v) is 7.66. The maximum absolute atomic E-state index is 6.07. The minimum Gasteiger partial charge on any atom is -0.379 e. The van der Waals surface area contributed by atoms with Crippen molar-refractivity contribution in [1.29, 1.82) is 0 Å². The van der Waals surface area contributed by atoms with E-state index in [1.54, 1.807) is 24.2 Å². The Morgan fingerprint density at radius 3 is 2.63 bits per heavy atom. The lowest BCUT2D eigenvalue weighted by molar-refractivity contribution is 0.0410. The average Bonchev–Trinajstić information content (AvgIpc) is 3.14. The third-order valence-electron chi connectivity index (χ3n) is 4.38. The molecule has 0 N–H and O–H groups in total. The number of rotatable bonds is 6. The number of hydrogen-bond acceptors (Lipinski definition) is 6. The Morgan fingerprint density at radius 1 is 1.07 bits per heavy atom. The van der Waals surface area contributed by atoms with Crippen LogP contribution in [-0.2, 0) is 4.74 Å². The van der Waals surface area contributed by atoms with E-state index in [0.29, 0.717) is 5.02 Å². The first-order chi connectivity index (χ1) is 13.3. The predicted octanol–water partition coefficient (Wildman–Crippen LogP) is 3.41. The minimum absolute atomic E-state index is 0.705. The van der Waals surface area contributed by atoms with Gasteiger partial charge in [0.1, 0.15) is 0 Å². The monoisotopic (exact) mass is 401 g/mol. The summed E-state index contributed by atoms with van der Waals surface area (Å²) in [4.78, 5) is 6.63. The van der Waals surface area contributed by atoms with E-state index in [4.69, 9.17) is 16.3 Å². The number of thioether (sulfide) groups is 1. The quantitative estimate of drug-likeness (QED) is 0.590. The van der Waals surface area contributed by atoms with Gasteiger partial charge in [-0.1, -0.05) is 23.4 Å². The zero-order valence-corrected chi connectivity index (χ0v) is 16.4. The first kappa shape index (κ1) is 18.4. The van der Waals surface area contributed by atoms with Crippen LogP contribution in [0.5, 0.6) is 0 Å². The molecule has 0 spiro atoms. The topological polar surface area (TPSA) is 56.1 Å². The van der Waals surface area contributed by atoms with Crippen LogP contribution in [0.25, 0.3) is 17.1 Å². The zero-order valence-electron chi connectivity index (χ0n) is 14.8. The molecule has 4 rings (SSSR count). The molecule has 2 aromatic heterocycles. The molecule has 0 atom stereocenters. The van der Waals surface area contributed by atoms with Crippen molar-refractivity contribution in [2.24, 2.45) is 0 Å². The molecule has 0 amide bonds. The van der Waals surface area contributed by atoms with Crippen LogP contribution >= 0.6 is 23.4 Å². The van der Waals surface area contributed by atoms with Gasteiger partial charge in [0, 0.05) is 54.1 Å². The van der Waals surface area contributed by atoms with Gasteiger partial charge < -0.3 is 4.74 Å². The number of hydrogen-bond donors (Lipinski definition) is 0. The fourth-order valence-corrected chi connectivity index (χ4v) is 4.04. The number of aromatic nitrogens is 4. The van der Waals surface area contributed by atoms with E-state index in [1.165, 1.54) is 0 Å². The molecule has 1 aliphatic rings. The Labute approximate surface area is 167 Å². The summed E-state index contributed by atoms with van der Waals surface area (Å²) in [6, 6.07) is 11.6. The molecule has 6 nitrogen and oxygen atoms in total. The smallest absolute Gasteiger partial charge is 0.196 e. The van der Waals surface area contributed by atoms with E-state index in [0.717, 1.165) is 60.8 Å². The zero-order chi connectivity index (χ0) is 18.5. The second-order valence-electron chi connectivity index (χ2n) is 6.16. The Kier molecular flexibility index (Phi) is 6.03. The van der Waals surface area contributed by atoms with Gasteiger partial charge in [-0.3, -0.25) is 14.5 Å². The molecule has 0 bridgehead atoms. The molecule has 1 aromatic carbocycles. The van der Waals surface area contributed by atoms with Gasteiger partial charge in [0.15, 0.2) is 11.0 Å². The molecule has 8 heteroatoms. The Balaban J connectivity index is 1.59. The summed E-state index contributed by atoms with van der Waals surface area (Å²) in [6.45, 7) is 4.62. The van der Waals surface area contributed by atoms with Crippen LogP contribution in [0.4, 0.5) is 0 Å². The highest BCUT2D eigenvalue weighted by Crippen LogP contribution is 2.28. The third-order valence-corrected chi connectivity index (χ3v) is 5.54. The minimum atomic E-state index is 0.705. The highest BCUT2D eigenvalue weighted by atomic mass is 35.5. The average molecular weight is 402 g/mol. The van der Waals surface area contributed by atoms with Crippen LogP contribution < -0.4 is 0 Å². The van der Waals surface area contributed by atoms with E-state index in [-0.39, 0.29) is 0 Å². The fourth-order valence-electron chi connectivity index (χ4n) is 2.96. The maximum atomic E-state index is 6.07. The summed E-state index contributed by atoms with van der Waals surface area (Å²) < 4.78 is 7.48. The molecule has 1 aliphatic heterocycles. The Bertz CT molecular complexity index is 866. The number of nitrogens with zero attached hydrogens (tertiary/aromatic N) is 5. The first-order valence-electron chi connectivity index (χ1n) is 8.86. The predicted molar refractivity (Wildman–Crippen MR) is 108 cm³/mol. The second kappa shape index (κ2) is 8.84. The van der Waals surface area contributed by atoms with Gasteiger partial charge in [-0.25, -0.2) is 0 Å². The highest BCUT2D eigenvalue weighted by molar-refractivity contribution is 7.99. The summed E-state index contributed by atoms with van der Waals surface area (Å²) in [5.41, 5.74) is 1.91.